The zero-order valence-electron chi connectivity index (χ0n) is 11.0. The highest BCUT2D eigenvalue weighted by Crippen LogP contribution is 2.15. The smallest absolute Gasteiger partial charge is 0.335 e. The number of hydrogen-bond acceptors (Lipinski definition) is 4. The molecule has 0 heterocycles. The van der Waals surface area contributed by atoms with Crippen LogP contribution in [0.25, 0.3) is 0 Å². The molecule has 0 unspecified atom stereocenters. The van der Waals surface area contributed by atoms with E-state index in [1.807, 2.05) is 0 Å². The molecule has 0 aromatic heterocycles. The fourth-order valence-electron chi connectivity index (χ4n) is 1.36. The van der Waals surface area contributed by atoms with Gasteiger partial charge in [0.15, 0.2) is 0 Å². The van der Waals surface area contributed by atoms with E-state index in [0.29, 0.717) is 5.56 Å². The molecule has 2 aromatic rings. The predicted molar refractivity (Wildman–Crippen MR) is 79.8 cm³/mol. The van der Waals surface area contributed by atoms with Gasteiger partial charge in [0.25, 0.3) is 9.05 Å². The van der Waals surface area contributed by atoms with E-state index < -0.39 is 21.0 Å². The Morgan fingerprint density at radius 2 is 1.32 bits per heavy atom. The molecule has 0 atom stereocenters. The van der Waals surface area contributed by atoms with Gasteiger partial charge in [-0.05, 0) is 30.3 Å². The van der Waals surface area contributed by atoms with Crippen molar-refractivity contribution in [2.24, 2.45) is 0 Å². The van der Waals surface area contributed by atoms with Crippen LogP contribution in [0.4, 0.5) is 0 Å². The van der Waals surface area contributed by atoms with Gasteiger partial charge >= 0.3 is 11.9 Å². The molecule has 22 heavy (non-hydrogen) atoms. The summed E-state index contributed by atoms with van der Waals surface area (Å²) in [6.45, 7) is 0. The molecular formula is C14H11ClO6S. The van der Waals surface area contributed by atoms with Gasteiger partial charge in [0.1, 0.15) is 0 Å². The predicted octanol–water partition coefficient (Wildman–Crippen LogP) is 2.70. The van der Waals surface area contributed by atoms with Crippen molar-refractivity contribution in [1.29, 1.82) is 0 Å². The SMILES string of the molecule is O=C(O)c1cccc(S(=O)(=O)Cl)c1.O=C(O)c1ccccc1. The molecular weight excluding hydrogens is 332 g/mol. The highest BCUT2D eigenvalue weighted by Gasteiger charge is 2.12. The van der Waals surface area contributed by atoms with Gasteiger partial charge in [-0.25, -0.2) is 18.0 Å². The summed E-state index contributed by atoms with van der Waals surface area (Å²) < 4.78 is 21.6. The summed E-state index contributed by atoms with van der Waals surface area (Å²) in [4.78, 5) is 20.4. The van der Waals surface area contributed by atoms with Crippen LogP contribution in [-0.2, 0) is 9.05 Å². The molecule has 0 spiro atoms. The van der Waals surface area contributed by atoms with Crippen LogP contribution in [0.5, 0.6) is 0 Å². The van der Waals surface area contributed by atoms with Crippen molar-refractivity contribution in [3.05, 3.63) is 65.7 Å². The van der Waals surface area contributed by atoms with E-state index in [1.54, 1.807) is 30.3 Å². The number of hydrogen-bond donors (Lipinski definition) is 2. The Labute approximate surface area is 131 Å². The monoisotopic (exact) mass is 342 g/mol. The summed E-state index contributed by atoms with van der Waals surface area (Å²) in [5.41, 5.74) is 0.222. The molecule has 0 bridgehead atoms. The van der Waals surface area contributed by atoms with E-state index in [0.717, 1.165) is 6.07 Å². The van der Waals surface area contributed by atoms with Gasteiger partial charge in [0, 0.05) is 10.7 Å². The third kappa shape index (κ3) is 5.55. The normalized spacial score (nSPS) is 10.2. The van der Waals surface area contributed by atoms with Crippen molar-refractivity contribution < 1.29 is 28.2 Å². The Morgan fingerprint density at radius 3 is 1.73 bits per heavy atom. The molecule has 116 valence electrons. The number of carboxylic acid groups (broad SMARTS) is 2. The number of carboxylic acids is 2. The Balaban J connectivity index is 0.000000235. The van der Waals surface area contributed by atoms with Crippen LogP contribution < -0.4 is 0 Å². The highest BCUT2D eigenvalue weighted by molar-refractivity contribution is 8.13. The molecule has 0 fully saturated rings. The minimum absolute atomic E-state index is 0.110. The number of benzene rings is 2. The fourth-order valence-corrected chi connectivity index (χ4v) is 2.16. The lowest BCUT2D eigenvalue weighted by atomic mass is 10.2. The summed E-state index contributed by atoms with van der Waals surface area (Å²) in [6, 6.07) is 13.1. The van der Waals surface area contributed by atoms with Crippen LogP contribution in [-0.4, -0.2) is 30.6 Å². The molecule has 0 saturated carbocycles. The third-order valence-electron chi connectivity index (χ3n) is 2.38. The Bertz CT molecular complexity index is 771. The van der Waals surface area contributed by atoms with Gasteiger partial charge in [-0.15, -0.1) is 0 Å². The maximum atomic E-state index is 10.8. The molecule has 0 saturated heterocycles. The second-order valence-electron chi connectivity index (χ2n) is 3.94. The van der Waals surface area contributed by atoms with Crippen molar-refractivity contribution in [2.75, 3.05) is 0 Å². The van der Waals surface area contributed by atoms with Gasteiger partial charge in [-0.1, -0.05) is 24.3 Å². The fraction of sp³-hybridized carbons (Fsp3) is 0. The van der Waals surface area contributed by atoms with Crippen LogP contribution in [0.2, 0.25) is 0 Å². The third-order valence-corrected chi connectivity index (χ3v) is 3.73. The number of carbonyl (C=O) groups is 2. The highest BCUT2D eigenvalue weighted by atomic mass is 35.7. The molecule has 0 aliphatic carbocycles. The van der Waals surface area contributed by atoms with Crippen molar-refractivity contribution in [1.82, 2.24) is 0 Å². The summed E-state index contributed by atoms with van der Waals surface area (Å²) in [6.07, 6.45) is 0. The first kappa shape index (κ1) is 17.7. The standard InChI is InChI=1S/C7H5ClO4S.C7H6O2/c8-13(11,12)6-3-1-2-5(4-6)7(9)10;8-7(9)6-4-2-1-3-5-6/h1-4H,(H,9,10);1-5H,(H,8,9). The number of rotatable bonds is 3. The van der Waals surface area contributed by atoms with E-state index in [-0.39, 0.29) is 10.5 Å². The van der Waals surface area contributed by atoms with E-state index >= 15 is 0 Å². The molecule has 0 amide bonds. The zero-order valence-corrected chi connectivity index (χ0v) is 12.6. The number of aromatic carboxylic acids is 2. The lowest BCUT2D eigenvalue weighted by Crippen LogP contribution is -1.98. The summed E-state index contributed by atoms with van der Waals surface area (Å²) in [5, 5.41) is 16.9. The van der Waals surface area contributed by atoms with Crippen LogP contribution >= 0.6 is 10.7 Å². The lowest BCUT2D eigenvalue weighted by molar-refractivity contribution is 0.0686. The molecule has 6 nitrogen and oxygen atoms in total. The van der Waals surface area contributed by atoms with Gasteiger partial charge in [0.05, 0.1) is 16.0 Å². The number of halogens is 1. The van der Waals surface area contributed by atoms with Gasteiger partial charge < -0.3 is 10.2 Å². The first-order valence-corrected chi connectivity index (χ1v) is 8.09. The molecule has 2 N–H and O–H groups in total. The van der Waals surface area contributed by atoms with Crippen LogP contribution in [0.1, 0.15) is 20.7 Å². The van der Waals surface area contributed by atoms with Crippen molar-refractivity contribution in [2.45, 2.75) is 4.90 Å². The van der Waals surface area contributed by atoms with Crippen LogP contribution in [0, 0.1) is 0 Å². The maximum absolute atomic E-state index is 10.8. The average molecular weight is 343 g/mol. The molecule has 8 heteroatoms. The Kier molecular flexibility index (Phi) is 6.09. The summed E-state index contributed by atoms with van der Waals surface area (Å²) >= 11 is 0. The van der Waals surface area contributed by atoms with Crippen LogP contribution in [0.3, 0.4) is 0 Å². The van der Waals surface area contributed by atoms with Crippen LogP contribution in [0.15, 0.2) is 59.5 Å². The summed E-state index contributed by atoms with van der Waals surface area (Å²) in [5.74, 6) is -2.07. The summed E-state index contributed by atoms with van der Waals surface area (Å²) in [7, 11) is 1.16. The second kappa shape index (κ2) is 7.58. The molecule has 0 radical (unpaired) electrons. The molecule has 2 aromatic carbocycles. The molecule has 2 rings (SSSR count). The molecule has 0 aliphatic heterocycles. The minimum Gasteiger partial charge on any atom is -0.478 e. The first-order valence-electron chi connectivity index (χ1n) is 5.78. The van der Waals surface area contributed by atoms with E-state index in [2.05, 4.69) is 0 Å². The van der Waals surface area contributed by atoms with Gasteiger partial charge in [0.2, 0.25) is 0 Å². The van der Waals surface area contributed by atoms with Gasteiger partial charge in [-0.3, -0.25) is 0 Å². The lowest BCUT2D eigenvalue weighted by Gasteiger charge is -1.97. The second-order valence-corrected chi connectivity index (χ2v) is 6.51. The van der Waals surface area contributed by atoms with E-state index in [4.69, 9.17) is 20.9 Å². The largest absolute Gasteiger partial charge is 0.478 e. The topological polar surface area (TPSA) is 109 Å². The Hall–Kier alpha value is -2.38. The van der Waals surface area contributed by atoms with Crippen molar-refractivity contribution in [3.63, 3.8) is 0 Å². The first-order chi connectivity index (χ1) is 10.2. The van der Waals surface area contributed by atoms with E-state index in [9.17, 15) is 18.0 Å². The van der Waals surface area contributed by atoms with Crippen molar-refractivity contribution in [3.8, 4) is 0 Å². The average Bonchev–Trinajstić information content (AvgIpc) is 2.48. The van der Waals surface area contributed by atoms with Gasteiger partial charge in [-0.2, -0.15) is 0 Å². The van der Waals surface area contributed by atoms with Crippen molar-refractivity contribution >= 4 is 31.7 Å². The minimum atomic E-state index is -3.85. The maximum Gasteiger partial charge on any atom is 0.335 e. The Morgan fingerprint density at radius 1 is 0.818 bits per heavy atom. The van der Waals surface area contributed by atoms with E-state index in [1.165, 1.54) is 18.2 Å². The molecule has 0 aliphatic rings. The zero-order chi connectivity index (χ0) is 16.8. The quantitative estimate of drug-likeness (QED) is 0.830.